The zero-order valence-electron chi connectivity index (χ0n) is 14.8. The molecule has 1 saturated heterocycles. The van der Waals surface area contributed by atoms with Crippen LogP contribution in [0.2, 0.25) is 0 Å². The van der Waals surface area contributed by atoms with Crippen LogP contribution in [0.3, 0.4) is 0 Å². The molecule has 138 valence electrons. The summed E-state index contributed by atoms with van der Waals surface area (Å²) in [7, 11) is 3.84. The van der Waals surface area contributed by atoms with Crippen LogP contribution in [0, 0.1) is 5.92 Å². The van der Waals surface area contributed by atoms with Gasteiger partial charge in [-0.1, -0.05) is 18.2 Å². The number of halogens is 1. The number of fused-ring (bicyclic) bond motifs is 1. The van der Waals surface area contributed by atoms with Gasteiger partial charge in [-0.05, 0) is 24.5 Å². The Bertz CT molecular complexity index is 617. The van der Waals surface area contributed by atoms with Gasteiger partial charge in [0.05, 0.1) is 12.5 Å². The Kier molecular flexibility index (Phi) is 7.49. The summed E-state index contributed by atoms with van der Waals surface area (Å²) in [6.07, 6.45) is 1.86. The third-order valence-corrected chi connectivity index (χ3v) is 4.76. The summed E-state index contributed by atoms with van der Waals surface area (Å²) < 4.78 is 5.43. The molecule has 2 heterocycles. The number of benzene rings is 1. The lowest BCUT2D eigenvalue weighted by atomic mass is 9.97. The Labute approximate surface area is 166 Å². The molecule has 1 fully saturated rings. The molecule has 0 bridgehead atoms. The molecule has 1 amide bonds. The molecule has 1 aromatic rings. The van der Waals surface area contributed by atoms with Crippen LogP contribution in [0.25, 0.3) is 0 Å². The maximum atomic E-state index is 12.1. The highest BCUT2D eigenvalue weighted by atomic mass is 127. The van der Waals surface area contributed by atoms with Crippen LogP contribution in [0.4, 0.5) is 5.69 Å². The van der Waals surface area contributed by atoms with E-state index in [4.69, 9.17) is 4.74 Å². The Hall–Kier alpha value is -1.35. The molecule has 0 saturated carbocycles. The number of para-hydroxylation sites is 1. The Morgan fingerprint density at radius 1 is 1.44 bits per heavy atom. The van der Waals surface area contributed by atoms with Gasteiger partial charge in [-0.25, -0.2) is 0 Å². The molecular weight excluding hydrogens is 431 g/mol. The number of ether oxygens (including phenoxy) is 1. The predicted molar refractivity (Wildman–Crippen MR) is 111 cm³/mol. The second-order valence-corrected chi connectivity index (χ2v) is 6.50. The molecule has 0 aliphatic carbocycles. The lowest BCUT2D eigenvalue weighted by Crippen LogP contribution is -2.42. The van der Waals surface area contributed by atoms with E-state index in [1.807, 2.05) is 31.3 Å². The van der Waals surface area contributed by atoms with Gasteiger partial charge in [0, 0.05) is 45.4 Å². The average Bonchev–Trinajstić information content (AvgIpc) is 3.19. The normalized spacial score (nSPS) is 22.2. The van der Waals surface area contributed by atoms with Gasteiger partial charge >= 0.3 is 0 Å². The standard InChI is InChI=1S/C18H26N4O2.HI/c1-19-18(22(2)11-13-8-10-24-12-13)20-9-7-15-14-5-3-4-6-16(14)21-17(15)23;/h3-6,13,15H,7-12H2,1-2H3,(H,19,20)(H,21,23);1H. The van der Waals surface area contributed by atoms with Crippen molar-refractivity contribution in [3.63, 3.8) is 0 Å². The summed E-state index contributed by atoms with van der Waals surface area (Å²) in [5.41, 5.74) is 2.03. The minimum atomic E-state index is -0.0830. The highest BCUT2D eigenvalue weighted by Gasteiger charge is 2.29. The minimum Gasteiger partial charge on any atom is -0.381 e. The predicted octanol–water partition coefficient (Wildman–Crippen LogP) is 2.27. The van der Waals surface area contributed by atoms with E-state index in [0.29, 0.717) is 12.5 Å². The summed E-state index contributed by atoms with van der Waals surface area (Å²) >= 11 is 0. The van der Waals surface area contributed by atoms with Crippen molar-refractivity contribution in [3.05, 3.63) is 29.8 Å². The number of carbonyl (C=O) groups is 1. The van der Waals surface area contributed by atoms with E-state index in [1.165, 1.54) is 0 Å². The van der Waals surface area contributed by atoms with Gasteiger partial charge in [-0.2, -0.15) is 0 Å². The summed E-state index contributed by atoms with van der Waals surface area (Å²) in [5, 5.41) is 6.33. The molecular formula is C18H27IN4O2. The van der Waals surface area contributed by atoms with Gasteiger partial charge in [-0.3, -0.25) is 9.79 Å². The van der Waals surface area contributed by atoms with Crippen molar-refractivity contribution in [2.24, 2.45) is 10.9 Å². The number of hydrogen-bond donors (Lipinski definition) is 2. The number of nitrogens with zero attached hydrogens (tertiary/aromatic N) is 2. The molecule has 2 atom stereocenters. The molecule has 2 unspecified atom stereocenters. The number of carbonyl (C=O) groups excluding carboxylic acids is 1. The first-order valence-corrected chi connectivity index (χ1v) is 8.58. The number of aliphatic imine (C=N–C) groups is 1. The minimum absolute atomic E-state index is 0. The third kappa shape index (κ3) is 4.84. The molecule has 0 radical (unpaired) electrons. The second kappa shape index (κ2) is 9.38. The van der Waals surface area contributed by atoms with Crippen molar-refractivity contribution in [3.8, 4) is 0 Å². The molecule has 2 aliphatic rings. The monoisotopic (exact) mass is 458 g/mol. The molecule has 2 N–H and O–H groups in total. The van der Waals surface area contributed by atoms with Crippen LogP contribution >= 0.6 is 24.0 Å². The highest BCUT2D eigenvalue weighted by molar-refractivity contribution is 14.0. The first kappa shape index (κ1) is 20.0. The van der Waals surface area contributed by atoms with Crippen LogP contribution in [-0.4, -0.2) is 57.2 Å². The topological polar surface area (TPSA) is 66.0 Å². The van der Waals surface area contributed by atoms with E-state index in [0.717, 1.165) is 49.8 Å². The average molecular weight is 458 g/mol. The SMILES string of the molecule is CN=C(NCCC1C(=O)Nc2ccccc21)N(C)CC1CCOC1.I. The molecule has 0 spiro atoms. The lowest BCUT2D eigenvalue weighted by molar-refractivity contribution is -0.117. The van der Waals surface area contributed by atoms with Crippen molar-refractivity contribution in [1.82, 2.24) is 10.2 Å². The smallest absolute Gasteiger partial charge is 0.232 e. The molecule has 0 aromatic heterocycles. The van der Waals surface area contributed by atoms with Crippen LogP contribution in [0.15, 0.2) is 29.3 Å². The van der Waals surface area contributed by atoms with Crippen molar-refractivity contribution in [2.75, 3.05) is 45.7 Å². The third-order valence-electron chi connectivity index (χ3n) is 4.76. The van der Waals surface area contributed by atoms with E-state index in [2.05, 4.69) is 20.5 Å². The molecule has 1 aromatic carbocycles. The summed E-state index contributed by atoms with van der Waals surface area (Å²) in [6.45, 7) is 3.35. The van der Waals surface area contributed by atoms with Gasteiger partial charge in [0.25, 0.3) is 0 Å². The van der Waals surface area contributed by atoms with Gasteiger partial charge in [0.1, 0.15) is 0 Å². The van der Waals surface area contributed by atoms with E-state index in [1.54, 1.807) is 7.05 Å². The van der Waals surface area contributed by atoms with Crippen LogP contribution < -0.4 is 10.6 Å². The van der Waals surface area contributed by atoms with Gasteiger partial charge in [-0.15, -0.1) is 24.0 Å². The van der Waals surface area contributed by atoms with E-state index in [-0.39, 0.29) is 35.8 Å². The highest BCUT2D eigenvalue weighted by Crippen LogP contribution is 2.33. The summed E-state index contributed by atoms with van der Waals surface area (Å²) in [6, 6.07) is 7.91. The number of hydrogen-bond acceptors (Lipinski definition) is 3. The first-order chi connectivity index (χ1) is 11.7. The summed E-state index contributed by atoms with van der Waals surface area (Å²) in [5.74, 6) is 1.44. The molecule has 25 heavy (non-hydrogen) atoms. The Morgan fingerprint density at radius 3 is 2.96 bits per heavy atom. The lowest BCUT2D eigenvalue weighted by Gasteiger charge is -2.24. The van der Waals surface area contributed by atoms with E-state index >= 15 is 0 Å². The van der Waals surface area contributed by atoms with Crippen LogP contribution in [0.5, 0.6) is 0 Å². The summed E-state index contributed by atoms with van der Waals surface area (Å²) in [4.78, 5) is 18.6. The molecule has 2 aliphatic heterocycles. The van der Waals surface area contributed by atoms with Gasteiger partial charge < -0.3 is 20.3 Å². The zero-order chi connectivity index (χ0) is 16.9. The number of rotatable bonds is 5. The zero-order valence-corrected chi connectivity index (χ0v) is 17.2. The largest absolute Gasteiger partial charge is 0.381 e. The van der Waals surface area contributed by atoms with Crippen molar-refractivity contribution in [1.29, 1.82) is 0 Å². The number of guanidine groups is 1. The van der Waals surface area contributed by atoms with Crippen LogP contribution in [-0.2, 0) is 9.53 Å². The van der Waals surface area contributed by atoms with Crippen LogP contribution in [0.1, 0.15) is 24.3 Å². The van der Waals surface area contributed by atoms with Crippen molar-refractivity contribution < 1.29 is 9.53 Å². The Balaban J connectivity index is 0.00000225. The fourth-order valence-electron chi connectivity index (χ4n) is 3.48. The maximum absolute atomic E-state index is 12.1. The molecule has 6 nitrogen and oxygen atoms in total. The fraction of sp³-hybridized carbons (Fsp3) is 0.556. The van der Waals surface area contributed by atoms with E-state index in [9.17, 15) is 4.79 Å². The number of nitrogens with one attached hydrogen (secondary N) is 2. The first-order valence-electron chi connectivity index (χ1n) is 8.58. The Morgan fingerprint density at radius 2 is 2.24 bits per heavy atom. The number of amides is 1. The van der Waals surface area contributed by atoms with Crippen molar-refractivity contribution in [2.45, 2.75) is 18.8 Å². The molecule has 3 rings (SSSR count). The maximum Gasteiger partial charge on any atom is 0.232 e. The molecule has 7 heteroatoms. The second-order valence-electron chi connectivity index (χ2n) is 6.50. The quantitative estimate of drug-likeness (QED) is 0.404. The van der Waals surface area contributed by atoms with Crippen molar-refractivity contribution >= 4 is 41.5 Å². The van der Waals surface area contributed by atoms with E-state index < -0.39 is 0 Å². The fourth-order valence-corrected chi connectivity index (χ4v) is 3.48. The van der Waals surface area contributed by atoms with Gasteiger partial charge in [0.2, 0.25) is 5.91 Å². The van der Waals surface area contributed by atoms with Gasteiger partial charge in [0.15, 0.2) is 5.96 Å². The number of anilines is 1.